The van der Waals surface area contributed by atoms with Gasteiger partial charge in [-0.25, -0.2) is 4.79 Å². The fourth-order valence-corrected chi connectivity index (χ4v) is 6.75. The average molecular weight is 339 g/mol. The predicted molar refractivity (Wildman–Crippen MR) is 99.0 cm³/mol. The van der Waals surface area contributed by atoms with Gasteiger partial charge >= 0.3 is 5.97 Å². The highest BCUT2D eigenvalue weighted by Crippen LogP contribution is 2.55. The van der Waals surface area contributed by atoms with Gasteiger partial charge in [-0.05, 0) is 37.3 Å². The third-order valence-corrected chi connectivity index (χ3v) is 8.17. The van der Waals surface area contributed by atoms with Gasteiger partial charge in [-0.1, -0.05) is 36.4 Å². The highest BCUT2D eigenvalue weighted by atomic mass is 31.2. The van der Waals surface area contributed by atoms with Gasteiger partial charge < -0.3 is 9.15 Å². The number of hydrogen-bond donors (Lipinski definition) is 0. The first kappa shape index (κ1) is 16.5. The van der Waals surface area contributed by atoms with E-state index in [1.165, 1.54) is 7.11 Å². The molecule has 0 saturated carbocycles. The van der Waals surface area contributed by atoms with E-state index in [2.05, 4.69) is 24.3 Å². The van der Waals surface area contributed by atoms with Crippen LogP contribution < -0.4 is 16.1 Å². The van der Waals surface area contributed by atoms with Gasteiger partial charge in [0, 0.05) is 6.07 Å². The maximum absolute atomic E-state index is 12.3. The third kappa shape index (κ3) is 3.00. The van der Waals surface area contributed by atoms with Crippen LogP contribution in [0.15, 0.2) is 77.2 Å². The third-order valence-electron chi connectivity index (χ3n) is 4.09. The fourth-order valence-electron chi connectivity index (χ4n) is 2.91. The number of rotatable bonds is 5. The van der Waals surface area contributed by atoms with Crippen LogP contribution in [-0.4, -0.2) is 19.2 Å². The zero-order chi connectivity index (χ0) is 17.0. The minimum absolute atomic E-state index is 0.231. The summed E-state index contributed by atoms with van der Waals surface area (Å²) in [6, 6.07) is 24.2. The molecule has 0 aliphatic rings. The molecular weight excluding hydrogens is 319 g/mol. The van der Waals surface area contributed by atoms with E-state index < -0.39 is 7.26 Å². The molecule has 0 atom stereocenters. The molecule has 0 radical (unpaired) electrons. The number of aryl methyl sites for hydroxylation is 1. The summed E-state index contributed by atoms with van der Waals surface area (Å²) in [7, 11) is -0.815. The summed E-state index contributed by atoms with van der Waals surface area (Å²) >= 11 is 0. The zero-order valence-electron chi connectivity index (χ0n) is 13.8. The number of ether oxygens (including phenoxy) is 1. The smallest absolute Gasteiger partial charge is 0.344 e. The maximum Gasteiger partial charge on any atom is 0.344 e. The Labute approximate surface area is 142 Å². The molecule has 0 N–H and O–H groups in total. The van der Waals surface area contributed by atoms with Crippen molar-refractivity contribution >= 4 is 29.3 Å². The summed E-state index contributed by atoms with van der Waals surface area (Å²) in [5.74, 6) is 0.608. The Morgan fingerprint density at radius 2 is 1.46 bits per heavy atom. The van der Waals surface area contributed by atoms with Gasteiger partial charge in [0.1, 0.15) is 16.4 Å². The zero-order valence-corrected chi connectivity index (χ0v) is 14.7. The molecule has 0 bridgehead atoms. The van der Waals surface area contributed by atoms with Crippen LogP contribution in [0.2, 0.25) is 0 Å². The van der Waals surface area contributed by atoms with Gasteiger partial charge in [-0.15, -0.1) is 0 Å². The Balaban J connectivity index is 2.30. The van der Waals surface area contributed by atoms with Gasteiger partial charge in [-0.2, -0.15) is 0 Å². The highest BCUT2D eigenvalue weighted by molar-refractivity contribution is 7.96. The van der Waals surface area contributed by atoms with Crippen molar-refractivity contribution in [1.29, 1.82) is 0 Å². The van der Waals surface area contributed by atoms with Crippen molar-refractivity contribution in [3.05, 3.63) is 78.6 Å². The molecule has 0 amide bonds. The molecule has 122 valence electrons. The van der Waals surface area contributed by atoms with Gasteiger partial charge in [0.05, 0.1) is 7.11 Å². The normalized spacial score (nSPS) is 11.2. The van der Waals surface area contributed by atoms with E-state index in [1.807, 2.05) is 55.5 Å². The molecule has 0 fully saturated rings. The Hall–Kier alpha value is -2.38. The molecule has 0 spiro atoms. The lowest BCUT2D eigenvalue weighted by atomic mass is 10.4. The standard InChI is InChI=1S/C20H20O3P/c1-16-13-14-20(23-16)24(15-19(21)22-2,17-9-5-3-6-10-17)18-11-7-4-8-12-18/h3-14H,15H2,1-2H3/q+1. The Kier molecular flexibility index (Phi) is 4.82. The topological polar surface area (TPSA) is 39.4 Å². The molecule has 4 heteroatoms. The van der Waals surface area contributed by atoms with Crippen LogP contribution in [-0.2, 0) is 9.53 Å². The molecule has 2 aromatic carbocycles. The van der Waals surface area contributed by atoms with Crippen LogP contribution in [0.3, 0.4) is 0 Å². The van der Waals surface area contributed by atoms with Crippen LogP contribution in [0.4, 0.5) is 0 Å². The fraction of sp³-hybridized carbons (Fsp3) is 0.150. The lowest BCUT2D eigenvalue weighted by molar-refractivity contribution is -0.137. The monoisotopic (exact) mass is 339 g/mol. The second-order valence-electron chi connectivity index (χ2n) is 5.60. The molecule has 0 aliphatic carbocycles. The molecule has 1 aromatic heterocycles. The minimum Gasteiger partial charge on any atom is -0.466 e. The largest absolute Gasteiger partial charge is 0.466 e. The molecule has 3 nitrogen and oxygen atoms in total. The van der Waals surface area contributed by atoms with E-state index in [9.17, 15) is 4.79 Å². The highest BCUT2D eigenvalue weighted by Gasteiger charge is 2.50. The Bertz CT molecular complexity index is 770. The first-order chi connectivity index (χ1) is 11.7. The molecule has 3 rings (SSSR count). The summed E-state index contributed by atoms with van der Waals surface area (Å²) in [5.41, 5.74) is 0.850. The molecule has 0 saturated heterocycles. The number of esters is 1. The molecule has 0 aliphatic heterocycles. The second-order valence-corrected chi connectivity index (χ2v) is 9.01. The van der Waals surface area contributed by atoms with Crippen LogP contribution in [0.25, 0.3) is 0 Å². The van der Waals surface area contributed by atoms with Crippen molar-refractivity contribution in [1.82, 2.24) is 0 Å². The van der Waals surface area contributed by atoms with Crippen LogP contribution in [0, 0.1) is 6.92 Å². The van der Waals surface area contributed by atoms with E-state index in [4.69, 9.17) is 9.15 Å². The van der Waals surface area contributed by atoms with Gasteiger partial charge in [0.15, 0.2) is 13.4 Å². The predicted octanol–water partition coefficient (Wildman–Crippen LogP) is 3.05. The van der Waals surface area contributed by atoms with Gasteiger partial charge in [0.2, 0.25) is 0 Å². The average Bonchev–Trinajstić information content (AvgIpc) is 3.07. The van der Waals surface area contributed by atoms with Gasteiger partial charge in [-0.3, -0.25) is 0 Å². The number of carbonyl (C=O) groups is 1. The number of furan rings is 1. The molecule has 24 heavy (non-hydrogen) atoms. The summed E-state index contributed by atoms with van der Waals surface area (Å²) in [6.45, 7) is 1.92. The number of hydrogen-bond acceptors (Lipinski definition) is 3. The number of benzene rings is 2. The van der Waals surface area contributed by atoms with E-state index in [1.54, 1.807) is 0 Å². The summed E-state index contributed by atoms with van der Waals surface area (Å²) < 4.78 is 11.1. The van der Waals surface area contributed by atoms with Crippen LogP contribution in [0.1, 0.15) is 5.76 Å². The van der Waals surface area contributed by atoms with Crippen molar-refractivity contribution < 1.29 is 13.9 Å². The maximum atomic E-state index is 12.3. The van der Waals surface area contributed by atoms with E-state index in [0.717, 1.165) is 21.9 Å². The van der Waals surface area contributed by atoms with Crippen LogP contribution in [0.5, 0.6) is 0 Å². The Morgan fingerprint density at radius 1 is 0.917 bits per heavy atom. The van der Waals surface area contributed by atoms with Crippen molar-refractivity contribution in [3.63, 3.8) is 0 Å². The summed E-state index contributed by atoms with van der Waals surface area (Å²) in [5, 5.41) is 2.21. The first-order valence-corrected chi connectivity index (χ1v) is 9.77. The quantitative estimate of drug-likeness (QED) is 0.530. The van der Waals surface area contributed by atoms with Crippen molar-refractivity contribution in [2.45, 2.75) is 6.92 Å². The summed E-state index contributed by atoms with van der Waals surface area (Å²) in [4.78, 5) is 12.3. The number of carbonyl (C=O) groups excluding carboxylic acids is 1. The van der Waals surface area contributed by atoms with Gasteiger partial charge in [0.25, 0.3) is 5.50 Å². The SMILES string of the molecule is COC(=O)C[P+](c1ccccc1)(c1ccccc1)c1ccc(C)o1. The van der Waals surface area contributed by atoms with E-state index in [-0.39, 0.29) is 12.1 Å². The van der Waals surface area contributed by atoms with Crippen molar-refractivity contribution in [3.8, 4) is 0 Å². The second kappa shape index (κ2) is 7.02. The lowest BCUT2D eigenvalue weighted by Gasteiger charge is -2.23. The van der Waals surface area contributed by atoms with Crippen LogP contribution >= 0.6 is 7.26 Å². The molecular formula is C20H20O3P+. The van der Waals surface area contributed by atoms with Crippen molar-refractivity contribution in [2.24, 2.45) is 0 Å². The molecule has 1 heterocycles. The van der Waals surface area contributed by atoms with E-state index >= 15 is 0 Å². The van der Waals surface area contributed by atoms with Crippen molar-refractivity contribution in [2.75, 3.05) is 13.3 Å². The van der Waals surface area contributed by atoms with E-state index in [0.29, 0.717) is 0 Å². The Morgan fingerprint density at radius 3 is 1.88 bits per heavy atom. The number of methoxy groups -OCH3 is 1. The lowest BCUT2D eigenvalue weighted by Crippen LogP contribution is -2.35. The first-order valence-electron chi connectivity index (χ1n) is 7.80. The summed E-state index contributed by atoms with van der Waals surface area (Å²) in [6.07, 6.45) is 0.282. The molecule has 3 aromatic rings. The minimum atomic E-state index is -2.25. The molecule has 0 unspecified atom stereocenters.